The Bertz CT molecular complexity index is 251. The van der Waals surface area contributed by atoms with E-state index in [4.69, 9.17) is 0 Å². The molecule has 2 N–H and O–H groups in total. The number of rotatable bonds is 0. The van der Waals surface area contributed by atoms with Gasteiger partial charge in [-0.3, -0.25) is 9.78 Å². The SMILES string of the molecule is O=c1cc[nH]c(=O)[nH]1.[Na+]. The van der Waals surface area contributed by atoms with Gasteiger partial charge < -0.3 is 4.98 Å². The van der Waals surface area contributed by atoms with Crippen molar-refractivity contribution in [3.63, 3.8) is 0 Å². The number of hydrogen-bond donors (Lipinski definition) is 2. The van der Waals surface area contributed by atoms with Crippen molar-refractivity contribution in [2.45, 2.75) is 0 Å². The van der Waals surface area contributed by atoms with E-state index in [9.17, 15) is 9.59 Å². The second kappa shape index (κ2) is 3.66. The van der Waals surface area contributed by atoms with E-state index >= 15 is 0 Å². The van der Waals surface area contributed by atoms with Gasteiger partial charge in [0.2, 0.25) is 0 Å². The number of hydrogen-bond acceptors (Lipinski definition) is 2. The van der Waals surface area contributed by atoms with Crippen LogP contribution in [0, 0.1) is 0 Å². The van der Waals surface area contributed by atoms with Gasteiger partial charge in [0, 0.05) is 12.3 Å². The van der Waals surface area contributed by atoms with E-state index in [0.717, 1.165) is 0 Å². The van der Waals surface area contributed by atoms with Gasteiger partial charge in [-0.1, -0.05) is 0 Å². The van der Waals surface area contributed by atoms with Gasteiger partial charge in [-0.05, 0) is 0 Å². The van der Waals surface area contributed by atoms with Gasteiger partial charge in [0.1, 0.15) is 0 Å². The van der Waals surface area contributed by atoms with E-state index in [1.807, 2.05) is 4.98 Å². The molecule has 0 spiro atoms. The minimum atomic E-state index is -0.475. The van der Waals surface area contributed by atoms with Crippen LogP contribution in [0.4, 0.5) is 0 Å². The maximum atomic E-state index is 10.2. The van der Waals surface area contributed by atoms with E-state index in [-0.39, 0.29) is 35.1 Å². The predicted molar refractivity (Wildman–Crippen MR) is 27.7 cm³/mol. The Labute approximate surface area is 72.6 Å². The van der Waals surface area contributed by atoms with Crippen LogP contribution in [0.2, 0.25) is 0 Å². The average Bonchev–Trinajstić information content (AvgIpc) is 1.64. The zero-order valence-electron chi connectivity index (χ0n) is 4.97. The van der Waals surface area contributed by atoms with Crippen molar-refractivity contribution in [2.75, 3.05) is 0 Å². The molecule has 0 saturated heterocycles. The monoisotopic (exact) mass is 135 g/mol. The van der Waals surface area contributed by atoms with Crippen molar-refractivity contribution in [3.8, 4) is 0 Å². The van der Waals surface area contributed by atoms with E-state index in [2.05, 4.69) is 4.98 Å². The van der Waals surface area contributed by atoms with Crippen LogP contribution in [0.1, 0.15) is 0 Å². The van der Waals surface area contributed by atoms with Gasteiger partial charge in [-0.2, -0.15) is 0 Å². The number of nitrogens with one attached hydrogen (secondary N) is 2. The quantitative estimate of drug-likeness (QED) is 0.357. The molecule has 5 heteroatoms. The molecule has 1 aromatic heterocycles. The summed E-state index contributed by atoms with van der Waals surface area (Å²) in [4.78, 5) is 24.7. The Balaban J connectivity index is 0.000000640. The molecule has 1 rings (SSSR count). The van der Waals surface area contributed by atoms with Crippen LogP contribution in [0.25, 0.3) is 0 Å². The van der Waals surface area contributed by atoms with Crippen LogP contribution in [0.5, 0.6) is 0 Å². The van der Waals surface area contributed by atoms with Crippen molar-refractivity contribution in [1.29, 1.82) is 0 Å². The summed E-state index contributed by atoms with van der Waals surface area (Å²) in [5.41, 5.74) is -0.855. The molecular formula is C4H4N2NaO2+. The van der Waals surface area contributed by atoms with Crippen molar-refractivity contribution < 1.29 is 29.6 Å². The second-order valence-corrected chi connectivity index (χ2v) is 1.30. The molecule has 0 amide bonds. The Hall–Kier alpha value is -0.320. The van der Waals surface area contributed by atoms with E-state index < -0.39 is 5.69 Å². The summed E-state index contributed by atoms with van der Waals surface area (Å²) in [7, 11) is 0. The second-order valence-electron chi connectivity index (χ2n) is 1.30. The van der Waals surface area contributed by atoms with Crippen LogP contribution in [-0.2, 0) is 0 Å². The predicted octanol–water partition coefficient (Wildman–Crippen LogP) is -3.93. The summed E-state index contributed by atoms with van der Waals surface area (Å²) in [6.45, 7) is 0. The largest absolute Gasteiger partial charge is 1.00 e. The normalized spacial score (nSPS) is 8.00. The molecule has 0 aliphatic heterocycles. The van der Waals surface area contributed by atoms with Crippen molar-refractivity contribution >= 4 is 0 Å². The molecule has 1 heterocycles. The summed E-state index contributed by atoms with van der Waals surface area (Å²) in [5, 5.41) is 0. The zero-order chi connectivity index (χ0) is 5.98. The van der Waals surface area contributed by atoms with E-state index in [1.54, 1.807) is 0 Å². The van der Waals surface area contributed by atoms with Crippen LogP contribution in [-0.4, -0.2) is 9.97 Å². The smallest absolute Gasteiger partial charge is 0.314 e. The van der Waals surface area contributed by atoms with Crippen LogP contribution in [0.15, 0.2) is 21.9 Å². The fraction of sp³-hybridized carbons (Fsp3) is 0. The summed E-state index contributed by atoms with van der Waals surface area (Å²) < 4.78 is 0. The van der Waals surface area contributed by atoms with Gasteiger partial charge in [-0.15, -0.1) is 0 Å². The molecule has 0 radical (unpaired) electrons. The molecule has 1 aromatic rings. The maximum Gasteiger partial charge on any atom is 1.00 e. The first-order valence-electron chi connectivity index (χ1n) is 2.07. The molecule has 0 atom stereocenters. The minimum Gasteiger partial charge on any atom is -0.314 e. The molecule has 0 bridgehead atoms. The third-order valence-corrected chi connectivity index (χ3v) is 0.686. The zero-order valence-corrected chi connectivity index (χ0v) is 6.97. The minimum absolute atomic E-state index is 0. The molecule has 0 aliphatic rings. The number of aromatic amines is 2. The Morgan fingerprint density at radius 2 is 2.00 bits per heavy atom. The van der Waals surface area contributed by atoms with Gasteiger partial charge in [0.05, 0.1) is 0 Å². The average molecular weight is 135 g/mol. The van der Waals surface area contributed by atoms with Crippen molar-refractivity contribution in [2.24, 2.45) is 0 Å². The molecule has 4 nitrogen and oxygen atoms in total. The summed E-state index contributed by atoms with van der Waals surface area (Å²) in [6.07, 6.45) is 1.29. The third-order valence-electron chi connectivity index (χ3n) is 0.686. The molecule has 0 unspecified atom stereocenters. The maximum absolute atomic E-state index is 10.2. The summed E-state index contributed by atoms with van der Waals surface area (Å²) in [5.74, 6) is 0. The molecule has 0 fully saturated rings. The van der Waals surface area contributed by atoms with Crippen molar-refractivity contribution in [1.82, 2.24) is 9.97 Å². The summed E-state index contributed by atoms with van der Waals surface area (Å²) in [6, 6.07) is 1.24. The molecular weight excluding hydrogens is 131 g/mol. The fourth-order valence-electron chi connectivity index (χ4n) is 0.383. The Kier molecular flexibility index (Phi) is 3.53. The molecule has 42 valence electrons. The topological polar surface area (TPSA) is 65.7 Å². The van der Waals surface area contributed by atoms with Crippen LogP contribution in [0.3, 0.4) is 0 Å². The van der Waals surface area contributed by atoms with Crippen LogP contribution < -0.4 is 40.8 Å². The number of aromatic nitrogens is 2. The van der Waals surface area contributed by atoms with Crippen molar-refractivity contribution in [3.05, 3.63) is 33.1 Å². The van der Waals surface area contributed by atoms with Crippen LogP contribution >= 0.6 is 0 Å². The first-order valence-corrected chi connectivity index (χ1v) is 2.07. The molecule has 0 saturated carbocycles. The third kappa shape index (κ3) is 2.64. The van der Waals surface area contributed by atoms with Gasteiger partial charge in [0.15, 0.2) is 0 Å². The Morgan fingerprint density at radius 1 is 1.33 bits per heavy atom. The molecule has 0 aliphatic carbocycles. The van der Waals surface area contributed by atoms with Gasteiger partial charge in [0.25, 0.3) is 5.56 Å². The first kappa shape index (κ1) is 8.68. The molecule has 0 aromatic carbocycles. The fourth-order valence-corrected chi connectivity index (χ4v) is 0.383. The van der Waals surface area contributed by atoms with E-state index in [1.165, 1.54) is 12.3 Å². The number of H-pyrrole nitrogens is 2. The van der Waals surface area contributed by atoms with Gasteiger partial charge in [-0.25, -0.2) is 4.79 Å². The summed E-state index contributed by atoms with van der Waals surface area (Å²) >= 11 is 0. The van der Waals surface area contributed by atoms with Gasteiger partial charge >= 0.3 is 35.2 Å². The standard InChI is InChI=1S/C4H4N2O2.Na/c7-3-1-2-5-4(8)6-3;/h1-2H,(H2,5,6,7,8);/q;+1. The first-order chi connectivity index (χ1) is 3.79. The van der Waals surface area contributed by atoms with E-state index in [0.29, 0.717) is 0 Å². The Morgan fingerprint density at radius 3 is 2.33 bits per heavy atom. The molecule has 9 heavy (non-hydrogen) atoms.